The molecule has 0 amide bonds. The van der Waals surface area contributed by atoms with Gasteiger partial charge in [-0.1, -0.05) is 63.8 Å². The molecule has 27 heavy (non-hydrogen) atoms. The third kappa shape index (κ3) is 7.94. The lowest BCUT2D eigenvalue weighted by atomic mass is 10.2. The number of hydrogen-bond acceptors (Lipinski definition) is 3. The molecule has 0 aliphatic carbocycles. The summed E-state index contributed by atoms with van der Waals surface area (Å²) in [5.41, 5.74) is 2.25. The van der Waals surface area contributed by atoms with Crippen molar-refractivity contribution in [2.24, 2.45) is 0 Å². The second kappa shape index (κ2) is 12.3. The van der Waals surface area contributed by atoms with Crippen molar-refractivity contribution in [2.45, 2.75) is 65.4 Å². The van der Waals surface area contributed by atoms with Gasteiger partial charge in [-0.05, 0) is 43.5 Å². The van der Waals surface area contributed by atoms with Crippen LogP contribution in [0.25, 0.3) is 0 Å². The highest BCUT2D eigenvalue weighted by Gasteiger charge is 2.09. The molecule has 1 atom stereocenters. The zero-order chi connectivity index (χ0) is 19.3. The van der Waals surface area contributed by atoms with E-state index in [9.17, 15) is 0 Å². The number of benzene rings is 2. The van der Waals surface area contributed by atoms with Crippen LogP contribution in [-0.2, 0) is 0 Å². The number of para-hydroxylation sites is 1. The van der Waals surface area contributed by atoms with Crippen molar-refractivity contribution in [3.8, 4) is 11.5 Å². The summed E-state index contributed by atoms with van der Waals surface area (Å²) in [6.45, 7) is 8.04. The monoisotopic (exact) mass is 369 g/mol. The van der Waals surface area contributed by atoms with Crippen LogP contribution in [-0.4, -0.2) is 19.3 Å². The maximum Gasteiger partial charge on any atom is 0.122 e. The van der Waals surface area contributed by atoms with E-state index in [0.717, 1.165) is 43.2 Å². The van der Waals surface area contributed by atoms with E-state index in [1.165, 1.54) is 31.2 Å². The van der Waals surface area contributed by atoms with Crippen LogP contribution in [0.2, 0.25) is 0 Å². The molecule has 1 unspecified atom stereocenters. The molecule has 0 saturated carbocycles. The van der Waals surface area contributed by atoms with Gasteiger partial charge in [0, 0.05) is 11.8 Å². The Balaban J connectivity index is 1.78. The van der Waals surface area contributed by atoms with Crippen molar-refractivity contribution in [1.82, 2.24) is 0 Å². The molecule has 148 valence electrons. The molecular weight excluding hydrogens is 334 g/mol. The maximum atomic E-state index is 6.16. The molecule has 2 aromatic rings. The molecule has 0 spiro atoms. The fraction of sp³-hybridized carbons (Fsp3) is 0.500. The van der Waals surface area contributed by atoms with E-state index in [1.54, 1.807) is 0 Å². The Morgan fingerprint density at radius 3 is 2.52 bits per heavy atom. The highest BCUT2D eigenvalue weighted by molar-refractivity contribution is 5.48. The van der Waals surface area contributed by atoms with Gasteiger partial charge >= 0.3 is 0 Å². The summed E-state index contributed by atoms with van der Waals surface area (Å²) < 4.78 is 12.1. The predicted molar refractivity (Wildman–Crippen MR) is 115 cm³/mol. The average molecular weight is 370 g/mol. The van der Waals surface area contributed by atoms with Crippen molar-refractivity contribution in [1.29, 1.82) is 0 Å². The summed E-state index contributed by atoms with van der Waals surface area (Å²) in [6, 6.07) is 16.4. The largest absolute Gasteiger partial charge is 0.494 e. The first-order valence-corrected chi connectivity index (χ1v) is 10.4. The van der Waals surface area contributed by atoms with Gasteiger partial charge in [-0.2, -0.15) is 0 Å². The van der Waals surface area contributed by atoms with Crippen molar-refractivity contribution in [2.75, 3.05) is 18.5 Å². The number of aryl methyl sites for hydroxylation is 1. The van der Waals surface area contributed by atoms with Crippen LogP contribution >= 0.6 is 0 Å². The van der Waals surface area contributed by atoms with Crippen LogP contribution in [0.5, 0.6) is 11.5 Å². The number of unbranched alkanes of at least 4 members (excludes halogenated alkanes) is 4. The van der Waals surface area contributed by atoms with E-state index in [-0.39, 0.29) is 6.10 Å². The maximum absolute atomic E-state index is 6.16. The summed E-state index contributed by atoms with van der Waals surface area (Å²) in [6.07, 6.45) is 7.37. The fourth-order valence-corrected chi connectivity index (χ4v) is 2.96. The number of ether oxygens (including phenoxy) is 2. The first kappa shape index (κ1) is 21.1. The number of hydrogen-bond donors (Lipinski definition) is 1. The summed E-state index contributed by atoms with van der Waals surface area (Å²) in [5, 5.41) is 3.49. The molecule has 0 bridgehead atoms. The van der Waals surface area contributed by atoms with Gasteiger partial charge in [0.25, 0.3) is 0 Å². The highest BCUT2D eigenvalue weighted by atomic mass is 16.5. The SMILES string of the molecule is CCCCCCCOc1cccc(NCC(CC)Oc2ccccc2C)c1. The number of anilines is 1. The molecule has 0 fully saturated rings. The molecule has 2 aromatic carbocycles. The van der Waals surface area contributed by atoms with E-state index in [4.69, 9.17) is 9.47 Å². The minimum Gasteiger partial charge on any atom is -0.494 e. The predicted octanol–water partition coefficient (Wildman–Crippen LogP) is 6.61. The molecule has 3 nitrogen and oxygen atoms in total. The van der Waals surface area contributed by atoms with Crippen LogP contribution in [0.15, 0.2) is 48.5 Å². The highest BCUT2D eigenvalue weighted by Crippen LogP contribution is 2.21. The van der Waals surface area contributed by atoms with E-state index in [1.807, 2.05) is 30.3 Å². The Morgan fingerprint density at radius 2 is 1.74 bits per heavy atom. The Bertz CT molecular complexity index is 656. The normalized spacial score (nSPS) is 11.8. The van der Waals surface area contributed by atoms with Crippen LogP contribution in [0, 0.1) is 6.92 Å². The lowest BCUT2D eigenvalue weighted by Gasteiger charge is -2.20. The van der Waals surface area contributed by atoms with Gasteiger partial charge in [-0.25, -0.2) is 0 Å². The van der Waals surface area contributed by atoms with Crippen molar-refractivity contribution in [3.63, 3.8) is 0 Å². The van der Waals surface area contributed by atoms with E-state index >= 15 is 0 Å². The van der Waals surface area contributed by atoms with Gasteiger partial charge in [0.15, 0.2) is 0 Å². The molecule has 0 radical (unpaired) electrons. The lowest BCUT2D eigenvalue weighted by Crippen LogP contribution is -2.25. The molecule has 0 heterocycles. The molecule has 0 saturated heterocycles. The molecule has 3 heteroatoms. The Hall–Kier alpha value is -2.16. The molecule has 0 aliphatic rings. The molecule has 1 N–H and O–H groups in total. The van der Waals surface area contributed by atoms with Crippen LogP contribution in [0.1, 0.15) is 57.9 Å². The molecule has 0 aromatic heterocycles. The smallest absolute Gasteiger partial charge is 0.122 e. The first-order valence-electron chi connectivity index (χ1n) is 10.4. The lowest BCUT2D eigenvalue weighted by molar-refractivity contribution is 0.208. The minimum absolute atomic E-state index is 0.134. The van der Waals surface area contributed by atoms with E-state index in [2.05, 4.69) is 44.3 Å². The minimum atomic E-state index is 0.134. The number of rotatable bonds is 13. The van der Waals surface area contributed by atoms with Gasteiger partial charge < -0.3 is 14.8 Å². The van der Waals surface area contributed by atoms with Gasteiger partial charge in [-0.15, -0.1) is 0 Å². The van der Waals surface area contributed by atoms with Crippen LogP contribution < -0.4 is 14.8 Å². The average Bonchev–Trinajstić information content (AvgIpc) is 2.69. The number of nitrogens with one attached hydrogen (secondary N) is 1. The molecular formula is C24H35NO2. The van der Waals surface area contributed by atoms with Crippen LogP contribution in [0.3, 0.4) is 0 Å². The fourth-order valence-electron chi connectivity index (χ4n) is 2.96. The van der Waals surface area contributed by atoms with Gasteiger partial charge in [0.2, 0.25) is 0 Å². The summed E-state index contributed by atoms with van der Waals surface area (Å²) in [5.74, 6) is 1.90. The molecule has 2 rings (SSSR count). The third-order valence-corrected chi connectivity index (χ3v) is 4.73. The third-order valence-electron chi connectivity index (χ3n) is 4.73. The van der Waals surface area contributed by atoms with E-state index < -0.39 is 0 Å². The zero-order valence-corrected chi connectivity index (χ0v) is 17.2. The van der Waals surface area contributed by atoms with Crippen LogP contribution in [0.4, 0.5) is 5.69 Å². The first-order chi connectivity index (χ1) is 13.2. The molecule has 0 aliphatic heterocycles. The Kier molecular flexibility index (Phi) is 9.61. The quantitative estimate of drug-likeness (QED) is 0.403. The summed E-state index contributed by atoms with van der Waals surface area (Å²) >= 11 is 0. The van der Waals surface area contributed by atoms with Gasteiger partial charge in [0.1, 0.15) is 17.6 Å². The second-order valence-corrected chi connectivity index (χ2v) is 7.09. The Labute approximate surface area is 165 Å². The van der Waals surface area contributed by atoms with Gasteiger partial charge in [-0.3, -0.25) is 0 Å². The van der Waals surface area contributed by atoms with Crippen molar-refractivity contribution in [3.05, 3.63) is 54.1 Å². The second-order valence-electron chi connectivity index (χ2n) is 7.09. The van der Waals surface area contributed by atoms with Crippen molar-refractivity contribution < 1.29 is 9.47 Å². The topological polar surface area (TPSA) is 30.5 Å². The Morgan fingerprint density at radius 1 is 0.926 bits per heavy atom. The summed E-state index contributed by atoms with van der Waals surface area (Å²) in [4.78, 5) is 0. The van der Waals surface area contributed by atoms with Gasteiger partial charge in [0.05, 0.1) is 13.2 Å². The standard InChI is InChI=1S/C24H35NO2/c1-4-6-7-8-11-17-26-23-15-12-14-21(18-23)25-19-22(5-2)27-24-16-10-9-13-20(24)3/h9-10,12-16,18,22,25H,4-8,11,17,19H2,1-3H3. The summed E-state index contributed by atoms with van der Waals surface area (Å²) in [7, 11) is 0. The zero-order valence-electron chi connectivity index (χ0n) is 17.2. The van der Waals surface area contributed by atoms with E-state index in [0.29, 0.717) is 0 Å². The van der Waals surface area contributed by atoms with Crippen molar-refractivity contribution >= 4 is 5.69 Å².